The molecule has 1 aromatic carbocycles. The Morgan fingerprint density at radius 3 is 1.50 bits per heavy atom. The molecule has 0 aromatic heterocycles. The second-order valence-electron chi connectivity index (χ2n) is 1.08. The zero-order valence-electron chi connectivity index (χ0n) is 4.69. The van der Waals surface area contributed by atoms with Crippen LogP contribution in [0.1, 0.15) is 0 Å². The van der Waals surface area contributed by atoms with E-state index in [4.69, 9.17) is 0 Å². The minimum atomic E-state index is 0. The summed E-state index contributed by atoms with van der Waals surface area (Å²) >= 11 is 0. The van der Waals surface area contributed by atoms with Crippen molar-refractivity contribution < 1.29 is 22.4 Å². The molecule has 0 aliphatic carbocycles. The summed E-state index contributed by atoms with van der Waals surface area (Å²) in [6, 6.07) is 12.5. The molecule has 8 heavy (non-hydrogen) atoms. The van der Waals surface area contributed by atoms with Gasteiger partial charge in [0.05, 0.1) is 0 Å². The van der Waals surface area contributed by atoms with Gasteiger partial charge in [0.2, 0.25) is 0 Å². The maximum atomic E-state index is 2.89. The van der Waals surface area contributed by atoms with Crippen LogP contribution >= 0.6 is 0 Å². The van der Waals surface area contributed by atoms with E-state index in [-0.39, 0.29) is 29.8 Å². The van der Waals surface area contributed by atoms with Gasteiger partial charge in [-0.3, -0.25) is 0 Å². The van der Waals surface area contributed by atoms with Crippen molar-refractivity contribution >= 4 is 0 Å². The monoisotopic (exact) mass is 199 g/mol. The van der Waals surface area contributed by atoms with E-state index in [1.165, 1.54) is 0 Å². The van der Waals surface area contributed by atoms with Gasteiger partial charge in [-0.25, -0.2) is 0 Å². The Balaban J connectivity index is 0. The van der Waals surface area contributed by atoms with E-state index in [9.17, 15) is 0 Å². The summed E-state index contributed by atoms with van der Waals surface area (Å²) in [5, 5.41) is 0. The van der Waals surface area contributed by atoms with E-state index in [1.807, 2.05) is 30.3 Å². The van der Waals surface area contributed by atoms with Gasteiger partial charge in [-0.2, -0.15) is 36.4 Å². The quantitative estimate of drug-likeness (QED) is 0.443. The minimum absolute atomic E-state index is 0. The fourth-order valence-electron chi connectivity index (χ4n) is 0.342. The van der Waals surface area contributed by atoms with Crippen LogP contribution in [0.2, 0.25) is 0 Å². The second-order valence-corrected chi connectivity index (χ2v) is 1.08. The van der Waals surface area contributed by atoms with E-state index < -0.39 is 0 Å². The predicted molar refractivity (Wildman–Crippen MR) is 31.7 cm³/mol. The molecule has 0 aliphatic heterocycles. The van der Waals surface area contributed by atoms with Crippen LogP contribution in [0.15, 0.2) is 30.3 Å². The average Bonchev–Trinajstić information content (AvgIpc) is 1.72. The molecule has 48 valence electrons. The topological polar surface area (TPSA) is 0 Å². The molecule has 0 amide bonds. The van der Waals surface area contributed by atoms with Crippen molar-refractivity contribution in [2.45, 2.75) is 0 Å². The van der Waals surface area contributed by atoms with Crippen molar-refractivity contribution in [2.75, 3.05) is 0 Å². The summed E-state index contributed by atoms with van der Waals surface area (Å²) < 4.78 is 0. The summed E-state index contributed by atoms with van der Waals surface area (Å²) in [7, 11) is 0. The van der Waals surface area contributed by atoms with E-state index in [0.29, 0.717) is 0 Å². The van der Waals surface area contributed by atoms with Gasteiger partial charge in [-0.1, -0.05) is 0 Å². The molecular formula is C7H8Ag-. The molecule has 0 fully saturated rings. The zero-order chi connectivity index (χ0) is 4.24. The molecule has 1 heteroatoms. The van der Waals surface area contributed by atoms with Gasteiger partial charge < -0.3 is 7.43 Å². The van der Waals surface area contributed by atoms with Crippen molar-refractivity contribution in [1.29, 1.82) is 0 Å². The third-order valence-electron chi connectivity index (χ3n) is 0.607. The fourth-order valence-corrected chi connectivity index (χ4v) is 0.342. The van der Waals surface area contributed by atoms with Gasteiger partial charge in [-0.05, 0) is 0 Å². The molecule has 0 aliphatic rings. The van der Waals surface area contributed by atoms with E-state index in [1.54, 1.807) is 0 Å². The minimum Gasteiger partial charge on any atom is -0.358 e. The van der Waals surface area contributed by atoms with E-state index in [0.717, 1.165) is 0 Å². The van der Waals surface area contributed by atoms with Crippen LogP contribution in [0, 0.1) is 13.5 Å². The molecule has 0 nitrogen and oxygen atoms in total. The SMILES string of the molecule is [Ag+].[CH3-].[c-]1ccccc1. The van der Waals surface area contributed by atoms with Crippen LogP contribution in [0.5, 0.6) is 0 Å². The summed E-state index contributed by atoms with van der Waals surface area (Å²) in [5.41, 5.74) is 0. The first kappa shape index (κ1) is 10.9. The number of hydrogen-bond acceptors (Lipinski definition) is 0. The first-order valence-electron chi connectivity index (χ1n) is 1.91. The van der Waals surface area contributed by atoms with Gasteiger partial charge in [0.1, 0.15) is 0 Å². The molecule has 0 N–H and O–H groups in total. The Hall–Kier alpha value is -0.0397. The molecule has 0 saturated carbocycles. The van der Waals surface area contributed by atoms with Gasteiger partial charge in [-0.15, -0.1) is 0 Å². The summed E-state index contributed by atoms with van der Waals surface area (Å²) in [5.74, 6) is 0. The predicted octanol–water partition coefficient (Wildman–Crippen LogP) is 1.93. The summed E-state index contributed by atoms with van der Waals surface area (Å²) in [6.45, 7) is 0. The normalized spacial score (nSPS) is 6.00. The first-order chi connectivity index (χ1) is 3.00. The molecule has 0 saturated heterocycles. The average molecular weight is 200 g/mol. The maximum absolute atomic E-state index is 2.89. The van der Waals surface area contributed by atoms with Gasteiger partial charge >= 0.3 is 22.4 Å². The van der Waals surface area contributed by atoms with E-state index >= 15 is 0 Å². The first-order valence-corrected chi connectivity index (χ1v) is 1.91. The standard InChI is InChI=1S/C6H5.CH3.Ag/c1-2-4-6-5-3-1;;/h1-5H;1H3;/q2*-1;+1. The van der Waals surface area contributed by atoms with Gasteiger partial charge in [0, 0.05) is 0 Å². The van der Waals surface area contributed by atoms with Crippen LogP contribution in [-0.4, -0.2) is 0 Å². The van der Waals surface area contributed by atoms with Crippen molar-refractivity contribution in [3.63, 3.8) is 0 Å². The van der Waals surface area contributed by atoms with Crippen LogP contribution in [0.3, 0.4) is 0 Å². The maximum Gasteiger partial charge on any atom is 1.00 e. The Kier molecular flexibility index (Phi) is 9.44. The van der Waals surface area contributed by atoms with Crippen molar-refractivity contribution in [1.82, 2.24) is 0 Å². The molecule has 0 radical (unpaired) electrons. The molecule has 1 rings (SSSR count). The smallest absolute Gasteiger partial charge is 0.358 e. The Morgan fingerprint density at radius 1 is 0.875 bits per heavy atom. The van der Waals surface area contributed by atoms with Crippen LogP contribution < -0.4 is 0 Å². The molecule has 0 unspecified atom stereocenters. The fraction of sp³-hybridized carbons (Fsp3) is 0. The molecule has 0 atom stereocenters. The third kappa shape index (κ3) is 4.13. The van der Waals surface area contributed by atoms with Gasteiger partial charge in [0.15, 0.2) is 0 Å². The third-order valence-corrected chi connectivity index (χ3v) is 0.607. The summed E-state index contributed by atoms with van der Waals surface area (Å²) in [6.07, 6.45) is 0. The Labute approximate surface area is 66.4 Å². The van der Waals surface area contributed by atoms with E-state index in [2.05, 4.69) is 6.07 Å². The molecule has 1 aromatic rings. The molecule has 0 heterocycles. The number of benzene rings is 1. The van der Waals surface area contributed by atoms with Gasteiger partial charge in [0.25, 0.3) is 0 Å². The van der Waals surface area contributed by atoms with Crippen molar-refractivity contribution in [3.8, 4) is 0 Å². The van der Waals surface area contributed by atoms with Crippen LogP contribution in [-0.2, 0) is 22.4 Å². The number of hydrogen-bond donors (Lipinski definition) is 0. The van der Waals surface area contributed by atoms with Crippen molar-refractivity contribution in [3.05, 3.63) is 43.8 Å². The van der Waals surface area contributed by atoms with Crippen LogP contribution in [0.4, 0.5) is 0 Å². The molecule has 0 spiro atoms. The summed E-state index contributed by atoms with van der Waals surface area (Å²) in [4.78, 5) is 0. The largest absolute Gasteiger partial charge is 1.00 e. The number of rotatable bonds is 0. The zero-order valence-corrected chi connectivity index (χ0v) is 6.17. The second kappa shape index (κ2) is 6.96. The molecular weight excluding hydrogens is 192 g/mol. The van der Waals surface area contributed by atoms with Crippen molar-refractivity contribution in [2.24, 2.45) is 0 Å². The Morgan fingerprint density at radius 2 is 1.38 bits per heavy atom. The Bertz CT molecular complexity index is 76.3. The van der Waals surface area contributed by atoms with Crippen LogP contribution in [0.25, 0.3) is 0 Å². The molecule has 0 bridgehead atoms.